The van der Waals surface area contributed by atoms with E-state index in [0.717, 1.165) is 27.2 Å². The molecule has 8 nitrogen and oxygen atoms in total. The van der Waals surface area contributed by atoms with Gasteiger partial charge in [0.05, 0.1) is 24.2 Å². The topological polar surface area (TPSA) is 75.5 Å². The minimum Gasteiger partial charge on any atom is -0.495 e. The molecule has 0 saturated heterocycles. The molecule has 0 radical (unpaired) electrons. The lowest BCUT2D eigenvalue weighted by Gasteiger charge is -2.14. The van der Waals surface area contributed by atoms with Crippen LogP contribution in [0.15, 0.2) is 64.2 Å². The summed E-state index contributed by atoms with van der Waals surface area (Å²) in [5.41, 5.74) is 3.60. The highest BCUT2D eigenvalue weighted by Gasteiger charge is 2.26. The summed E-state index contributed by atoms with van der Waals surface area (Å²) in [6.45, 7) is 2.05. The van der Waals surface area contributed by atoms with Gasteiger partial charge in [-0.25, -0.2) is 4.79 Å². The first kappa shape index (κ1) is 19.9. The van der Waals surface area contributed by atoms with Crippen LogP contribution in [0.2, 0.25) is 0 Å². The van der Waals surface area contributed by atoms with Crippen molar-refractivity contribution in [2.24, 2.45) is 14.1 Å². The Hall–Kier alpha value is -4.07. The fraction of sp³-hybridized carbons (Fsp3) is 0.208. The fourth-order valence-corrected chi connectivity index (χ4v) is 4.38. The molecule has 3 aromatic heterocycles. The lowest BCUT2D eigenvalue weighted by Crippen LogP contribution is -2.37. The highest BCUT2D eigenvalue weighted by Crippen LogP contribution is 2.36. The van der Waals surface area contributed by atoms with E-state index in [1.54, 1.807) is 14.2 Å². The molecule has 0 aliphatic rings. The molecule has 0 aliphatic carbocycles. The molecule has 5 rings (SSSR count). The van der Waals surface area contributed by atoms with E-state index in [-0.39, 0.29) is 5.56 Å². The second kappa shape index (κ2) is 7.26. The summed E-state index contributed by atoms with van der Waals surface area (Å²) >= 11 is 0. The molecule has 32 heavy (non-hydrogen) atoms. The van der Waals surface area contributed by atoms with Crippen LogP contribution in [0.5, 0.6) is 5.75 Å². The summed E-state index contributed by atoms with van der Waals surface area (Å²) in [6.07, 6.45) is 0.653. The minimum atomic E-state index is -0.409. The number of aryl methyl sites for hydroxylation is 2. The van der Waals surface area contributed by atoms with Crippen LogP contribution in [0, 0.1) is 0 Å². The maximum atomic E-state index is 13.2. The highest BCUT2D eigenvalue weighted by molar-refractivity contribution is 5.82. The highest BCUT2D eigenvalue weighted by atomic mass is 16.5. The number of nitrogens with zero attached hydrogens (tertiary/aromatic N) is 5. The number of hydrogen-bond acceptors (Lipinski definition) is 4. The lowest BCUT2D eigenvalue weighted by atomic mass is 10.1. The van der Waals surface area contributed by atoms with Crippen LogP contribution in [-0.2, 0) is 20.5 Å². The van der Waals surface area contributed by atoms with E-state index in [1.807, 2.05) is 70.5 Å². The van der Waals surface area contributed by atoms with Gasteiger partial charge in [-0.05, 0) is 18.6 Å². The third kappa shape index (κ3) is 2.59. The monoisotopic (exact) mass is 429 g/mol. The summed E-state index contributed by atoms with van der Waals surface area (Å²) in [4.78, 5) is 30.6. The summed E-state index contributed by atoms with van der Waals surface area (Å²) in [7, 11) is 4.75. The number of ether oxygens (including phenoxy) is 1. The molecule has 0 unspecified atom stereocenters. The number of para-hydroxylation sites is 2. The smallest absolute Gasteiger partial charge is 0.332 e. The van der Waals surface area contributed by atoms with Crippen molar-refractivity contribution < 1.29 is 4.74 Å². The van der Waals surface area contributed by atoms with E-state index in [4.69, 9.17) is 9.72 Å². The van der Waals surface area contributed by atoms with E-state index in [0.29, 0.717) is 29.1 Å². The van der Waals surface area contributed by atoms with Crippen molar-refractivity contribution in [2.75, 3.05) is 7.11 Å². The van der Waals surface area contributed by atoms with Crippen molar-refractivity contribution >= 4 is 16.9 Å². The van der Waals surface area contributed by atoms with Gasteiger partial charge >= 0.3 is 5.69 Å². The summed E-state index contributed by atoms with van der Waals surface area (Å²) in [6, 6.07) is 17.7. The van der Waals surface area contributed by atoms with E-state index in [1.165, 1.54) is 11.6 Å². The zero-order chi connectivity index (χ0) is 22.6. The predicted octanol–water partition coefficient (Wildman–Crippen LogP) is 2.91. The second-order valence-electron chi connectivity index (χ2n) is 7.65. The van der Waals surface area contributed by atoms with Crippen LogP contribution in [0.3, 0.4) is 0 Å². The molecule has 3 heterocycles. The van der Waals surface area contributed by atoms with Crippen LogP contribution < -0.4 is 16.0 Å². The molecular weight excluding hydrogens is 406 g/mol. The normalized spacial score (nSPS) is 11.5. The van der Waals surface area contributed by atoms with Crippen molar-refractivity contribution in [3.05, 3.63) is 81.1 Å². The van der Waals surface area contributed by atoms with E-state index < -0.39 is 5.69 Å². The Morgan fingerprint density at radius 1 is 0.938 bits per heavy atom. The largest absolute Gasteiger partial charge is 0.495 e. The Morgan fingerprint density at radius 2 is 1.62 bits per heavy atom. The molecule has 162 valence electrons. The molecule has 0 saturated carbocycles. The quantitative estimate of drug-likeness (QED) is 0.440. The van der Waals surface area contributed by atoms with Gasteiger partial charge in [0.25, 0.3) is 5.56 Å². The van der Waals surface area contributed by atoms with Crippen LogP contribution in [-0.4, -0.2) is 30.2 Å². The number of methoxy groups -OCH3 is 1. The maximum absolute atomic E-state index is 13.2. The van der Waals surface area contributed by atoms with Gasteiger partial charge in [0.1, 0.15) is 5.75 Å². The van der Waals surface area contributed by atoms with Gasteiger partial charge in [0, 0.05) is 19.7 Å². The predicted molar refractivity (Wildman–Crippen MR) is 124 cm³/mol. The molecule has 0 amide bonds. The lowest BCUT2D eigenvalue weighted by molar-refractivity contribution is 0.413. The Kier molecular flexibility index (Phi) is 4.51. The van der Waals surface area contributed by atoms with Gasteiger partial charge in [0.15, 0.2) is 11.2 Å². The molecule has 5 aromatic rings. The third-order valence-electron chi connectivity index (χ3n) is 5.92. The SMILES string of the molecule is CCc1c(-c2ccccc2)n(-c2ccccc2OC)c2nc3c(c(=O)n(C)c(=O)n3C)n12. The standard InChI is InChI=1S/C24H23N5O3/c1-5-16-19(15-11-7-6-8-12-15)29(17-13-9-10-14-18(17)32-4)23-25-21-20(28(16)23)22(30)27(3)24(31)26(21)2/h6-14H,5H2,1-4H3. The van der Waals surface area contributed by atoms with Gasteiger partial charge in [0.2, 0.25) is 5.78 Å². The minimum absolute atomic E-state index is 0.353. The Balaban J connectivity index is 2.08. The Labute approximate surface area is 183 Å². The van der Waals surface area contributed by atoms with Gasteiger partial charge in [-0.15, -0.1) is 0 Å². The maximum Gasteiger partial charge on any atom is 0.332 e. The number of imidazole rings is 2. The molecule has 0 bridgehead atoms. The number of rotatable bonds is 4. The van der Waals surface area contributed by atoms with E-state index in [2.05, 4.69) is 0 Å². The Morgan fingerprint density at radius 3 is 2.31 bits per heavy atom. The van der Waals surface area contributed by atoms with Gasteiger partial charge in [-0.2, -0.15) is 4.98 Å². The van der Waals surface area contributed by atoms with Crippen molar-refractivity contribution in [1.82, 2.24) is 23.1 Å². The van der Waals surface area contributed by atoms with E-state index in [9.17, 15) is 9.59 Å². The van der Waals surface area contributed by atoms with Crippen molar-refractivity contribution in [2.45, 2.75) is 13.3 Å². The number of aromatic nitrogens is 5. The molecule has 0 atom stereocenters. The zero-order valence-corrected chi connectivity index (χ0v) is 18.4. The average Bonchev–Trinajstić information content (AvgIpc) is 3.36. The molecule has 0 aliphatic heterocycles. The summed E-state index contributed by atoms with van der Waals surface area (Å²) in [5, 5.41) is 0. The first-order chi connectivity index (χ1) is 15.5. The van der Waals surface area contributed by atoms with Crippen molar-refractivity contribution in [1.29, 1.82) is 0 Å². The average molecular weight is 429 g/mol. The van der Waals surface area contributed by atoms with Crippen LogP contribution in [0.25, 0.3) is 33.9 Å². The van der Waals surface area contributed by atoms with Crippen LogP contribution in [0.4, 0.5) is 0 Å². The number of benzene rings is 2. The molecule has 2 aromatic carbocycles. The van der Waals surface area contributed by atoms with Crippen molar-refractivity contribution in [3.8, 4) is 22.7 Å². The van der Waals surface area contributed by atoms with Gasteiger partial charge < -0.3 is 4.74 Å². The van der Waals surface area contributed by atoms with Gasteiger partial charge in [-0.3, -0.25) is 22.9 Å². The second-order valence-corrected chi connectivity index (χ2v) is 7.65. The fourth-order valence-electron chi connectivity index (χ4n) is 4.38. The zero-order valence-electron chi connectivity index (χ0n) is 18.4. The molecule has 0 spiro atoms. The number of fused-ring (bicyclic) bond motifs is 3. The van der Waals surface area contributed by atoms with Gasteiger partial charge in [-0.1, -0.05) is 49.4 Å². The van der Waals surface area contributed by atoms with E-state index >= 15 is 0 Å². The molecule has 0 N–H and O–H groups in total. The summed E-state index contributed by atoms with van der Waals surface area (Å²) < 4.78 is 12.1. The van der Waals surface area contributed by atoms with Crippen LogP contribution >= 0.6 is 0 Å². The third-order valence-corrected chi connectivity index (χ3v) is 5.92. The summed E-state index contributed by atoms with van der Waals surface area (Å²) in [5.74, 6) is 1.23. The number of hydrogen-bond donors (Lipinski definition) is 0. The molecule has 0 fully saturated rings. The molecule has 8 heteroatoms. The van der Waals surface area contributed by atoms with Crippen LogP contribution in [0.1, 0.15) is 12.6 Å². The first-order valence-corrected chi connectivity index (χ1v) is 10.4. The Bertz CT molecular complexity index is 1600. The van der Waals surface area contributed by atoms with Crippen molar-refractivity contribution in [3.63, 3.8) is 0 Å². The molecular formula is C24H23N5O3. The first-order valence-electron chi connectivity index (χ1n) is 10.4.